The zero-order valence-corrected chi connectivity index (χ0v) is 7.65. The molecule has 0 heterocycles. The van der Waals surface area contributed by atoms with Gasteiger partial charge in [0.1, 0.15) is 0 Å². The van der Waals surface area contributed by atoms with Gasteiger partial charge in [-0.3, -0.25) is 0 Å². The molecule has 2 nitrogen and oxygen atoms in total. The Kier molecular flexibility index (Phi) is 2.88. The fourth-order valence-electron chi connectivity index (χ4n) is 1.09. The summed E-state index contributed by atoms with van der Waals surface area (Å²) in [6.07, 6.45) is -4.33. The van der Waals surface area contributed by atoms with E-state index in [9.17, 15) is 13.2 Å². The number of anilines is 2. The minimum atomic E-state index is -4.33. The van der Waals surface area contributed by atoms with Crippen LogP contribution < -0.4 is 11.1 Å². The van der Waals surface area contributed by atoms with Crippen LogP contribution in [0.2, 0.25) is 0 Å². The summed E-state index contributed by atoms with van der Waals surface area (Å²) in [5.74, 6) is 0. The molecule has 0 spiro atoms. The number of nitrogen functional groups attached to an aromatic ring is 1. The van der Waals surface area contributed by atoms with Crippen molar-refractivity contribution < 1.29 is 13.2 Å². The van der Waals surface area contributed by atoms with Crippen molar-refractivity contribution in [3.05, 3.63) is 23.8 Å². The zero-order valence-electron chi connectivity index (χ0n) is 7.65. The van der Waals surface area contributed by atoms with Crippen molar-refractivity contribution >= 4 is 11.4 Å². The Morgan fingerprint density at radius 2 is 2.00 bits per heavy atom. The van der Waals surface area contributed by atoms with Crippen LogP contribution in [-0.2, 0) is 6.18 Å². The summed E-state index contributed by atoms with van der Waals surface area (Å²) in [6.45, 7) is 2.46. The zero-order chi connectivity index (χ0) is 10.8. The third-order valence-electron chi connectivity index (χ3n) is 1.75. The predicted octanol–water partition coefficient (Wildman–Crippen LogP) is 2.72. The number of halogens is 3. The average molecular weight is 204 g/mol. The molecule has 0 saturated carbocycles. The second kappa shape index (κ2) is 3.77. The highest BCUT2D eigenvalue weighted by Crippen LogP contribution is 2.32. The molecule has 0 amide bonds. The number of hydrogen-bond acceptors (Lipinski definition) is 2. The molecule has 1 aromatic rings. The number of nitrogens with one attached hydrogen (secondary N) is 1. The third-order valence-corrected chi connectivity index (χ3v) is 1.75. The van der Waals surface area contributed by atoms with Crippen molar-refractivity contribution in [1.82, 2.24) is 0 Å². The van der Waals surface area contributed by atoms with Gasteiger partial charge in [0.2, 0.25) is 0 Å². The Balaban J connectivity index is 3.01. The first kappa shape index (κ1) is 10.7. The Hall–Kier alpha value is -1.39. The Morgan fingerprint density at radius 1 is 1.36 bits per heavy atom. The number of hydrogen-bond donors (Lipinski definition) is 2. The largest absolute Gasteiger partial charge is 0.416 e. The van der Waals surface area contributed by atoms with E-state index in [1.807, 2.05) is 6.92 Å². The van der Waals surface area contributed by atoms with Crippen LogP contribution in [0.15, 0.2) is 18.2 Å². The molecule has 0 unspecified atom stereocenters. The number of rotatable bonds is 2. The van der Waals surface area contributed by atoms with Crippen LogP contribution in [0, 0.1) is 0 Å². The molecule has 0 aliphatic heterocycles. The van der Waals surface area contributed by atoms with Crippen LogP contribution in [0.25, 0.3) is 0 Å². The summed E-state index contributed by atoms with van der Waals surface area (Å²) < 4.78 is 36.6. The van der Waals surface area contributed by atoms with Gasteiger partial charge in [-0.15, -0.1) is 0 Å². The molecule has 0 aromatic heterocycles. The van der Waals surface area contributed by atoms with Gasteiger partial charge in [-0.25, -0.2) is 0 Å². The molecule has 3 N–H and O–H groups in total. The average Bonchev–Trinajstić information content (AvgIpc) is 2.07. The Morgan fingerprint density at radius 3 is 2.43 bits per heavy atom. The Labute approximate surface area is 79.9 Å². The van der Waals surface area contributed by atoms with Gasteiger partial charge in [-0.05, 0) is 25.1 Å². The maximum Gasteiger partial charge on any atom is 0.416 e. The van der Waals surface area contributed by atoms with E-state index >= 15 is 0 Å². The van der Waals surface area contributed by atoms with Gasteiger partial charge in [0, 0.05) is 6.54 Å². The highest BCUT2D eigenvalue weighted by molar-refractivity contribution is 5.67. The summed E-state index contributed by atoms with van der Waals surface area (Å²) in [4.78, 5) is 0. The monoisotopic (exact) mass is 204 g/mol. The minimum absolute atomic E-state index is 0.113. The standard InChI is InChI=1S/C9H11F3N2/c1-2-14-8-4-3-6(5-7(8)13)9(10,11)12/h3-5,14H,2,13H2,1H3. The second-order valence-electron chi connectivity index (χ2n) is 2.83. The molecule has 0 fully saturated rings. The number of nitrogens with two attached hydrogens (primary N) is 1. The molecule has 0 aliphatic carbocycles. The summed E-state index contributed by atoms with van der Waals surface area (Å²) in [7, 11) is 0. The lowest BCUT2D eigenvalue weighted by Crippen LogP contribution is -2.07. The molecular weight excluding hydrogens is 193 g/mol. The van der Waals surface area contributed by atoms with Crippen LogP contribution in [0.4, 0.5) is 24.5 Å². The second-order valence-corrected chi connectivity index (χ2v) is 2.83. The normalized spacial score (nSPS) is 11.4. The number of alkyl halides is 3. The SMILES string of the molecule is CCNc1ccc(C(F)(F)F)cc1N. The first-order chi connectivity index (χ1) is 6.45. The maximum absolute atomic E-state index is 12.2. The Bertz CT molecular complexity index is 320. The lowest BCUT2D eigenvalue weighted by Gasteiger charge is -2.11. The van der Waals surface area contributed by atoms with Crippen LogP contribution in [-0.4, -0.2) is 6.54 Å². The minimum Gasteiger partial charge on any atom is -0.397 e. The van der Waals surface area contributed by atoms with E-state index in [1.54, 1.807) is 0 Å². The molecule has 5 heteroatoms. The van der Waals surface area contributed by atoms with Gasteiger partial charge < -0.3 is 11.1 Å². The molecule has 1 aromatic carbocycles. The fourth-order valence-corrected chi connectivity index (χ4v) is 1.09. The highest BCUT2D eigenvalue weighted by Gasteiger charge is 2.30. The molecule has 78 valence electrons. The van der Waals surface area contributed by atoms with Gasteiger partial charge in [-0.1, -0.05) is 0 Å². The van der Waals surface area contributed by atoms with Crippen LogP contribution in [0.1, 0.15) is 12.5 Å². The van der Waals surface area contributed by atoms with E-state index in [0.717, 1.165) is 12.1 Å². The van der Waals surface area contributed by atoms with Crippen LogP contribution in [0.5, 0.6) is 0 Å². The van der Waals surface area contributed by atoms with Gasteiger partial charge in [0.15, 0.2) is 0 Å². The molecule has 0 aliphatic rings. The quantitative estimate of drug-likeness (QED) is 0.727. The van der Waals surface area contributed by atoms with Crippen LogP contribution >= 0.6 is 0 Å². The lowest BCUT2D eigenvalue weighted by atomic mass is 10.1. The molecule has 0 atom stereocenters. The molecule has 0 saturated heterocycles. The summed E-state index contributed by atoms with van der Waals surface area (Å²) >= 11 is 0. The van der Waals surface area contributed by atoms with E-state index in [1.165, 1.54) is 6.07 Å². The van der Waals surface area contributed by atoms with Gasteiger partial charge in [0.05, 0.1) is 16.9 Å². The van der Waals surface area contributed by atoms with Crippen molar-refractivity contribution in [2.75, 3.05) is 17.6 Å². The van der Waals surface area contributed by atoms with Crippen molar-refractivity contribution in [2.45, 2.75) is 13.1 Å². The molecule has 1 rings (SSSR count). The van der Waals surface area contributed by atoms with Crippen molar-refractivity contribution in [3.63, 3.8) is 0 Å². The molecule has 0 radical (unpaired) electrons. The molecule has 14 heavy (non-hydrogen) atoms. The maximum atomic E-state index is 12.2. The summed E-state index contributed by atoms with van der Waals surface area (Å²) in [6, 6.07) is 3.27. The van der Waals surface area contributed by atoms with E-state index in [-0.39, 0.29) is 5.69 Å². The topological polar surface area (TPSA) is 38.0 Å². The van der Waals surface area contributed by atoms with E-state index < -0.39 is 11.7 Å². The van der Waals surface area contributed by atoms with Crippen molar-refractivity contribution in [1.29, 1.82) is 0 Å². The molecule has 0 bridgehead atoms. The van der Waals surface area contributed by atoms with E-state index in [4.69, 9.17) is 5.73 Å². The van der Waals surface area contributed by atoms with Crippen molar-refractivity contribution in [3.8, 4) is 0 Å². The lowest BCUT2D eigenvalue weighted by molar-refractivity contribution is -0.137. The first-order valence-electron chi connectivity index (χ1n) is 4.15. The fraction of sp³-hybridized carbons (Fsp3) is 0.333. The van der Waals surface area contributed by atoms with E-state index in [2.05, 4.69) is 5.32 Å². The van der Waals surface area contributed by atoms with Gasteiger partial charge in [-0.2, -0.15) is 13.2 Å². The number of benzene rings is 1. The van der Waals surface area contributed by atoms with Crippen LogP contribution in [0.3, 0.4) is 0 Å². The smallest absolute Gasteiger partial charge is 0.397 e. The first-order valence-corrected chi connectivity index (χ1v) is 4.15. The van der Waals surface area contributed by atoms with Gasteiger partial charge in [0.25, 0.3) is 0 Å². The third kappa shape index (κ3) is 2.31. The summed E-state index contributed by atoms with van der Waals surface area (Å²) in [5.41, 5.74) is 5.36. The predicted molar refractivity (Wildman–Crippen MR) is 50.0 cm³/mol. The molecular formula is C9H11F3N2. The van der Waals surface area contributed by atoms with E-state index in [0.29, 0.717) is 12.2 Å². The van der Waals surface area contributed by atoms with Gasteiger partial charge >= 0.3 is 6.18 Å². The summed E-state index contributed by atoms with van der Waals surface area (Å²) in [5, 5.41) is 2.86. The van der Waals surface area contributed by atoms with Crippen molar-refractivity contribution in [2.24, 2.45) is 0 Å². The highest BCUT2D eigenvalue weighted by atomic mass is 19.4.